The zero-order chi connectivity index (χ0) is 16.0. The first-order chi connectivity index (χ1) is 11.1. The summed E-state index contributed by atoms with van der Waals surface area (Å²) in [5.74, 6) is 1.01. The van der Waals surface area contributed by atoms with Crippen molar-refractivity contribution in [2.75, 3.05) is 0 Å². The molecule has 23 heavy (non-hydrogen) atoms. The lowest BCUT2D eigenvalue weighted by Crippen LogP contribution is -2.23. The van der Waals surface area contributed by atoms with Crippen LogP contribution in [-0.4, -0.2) is 15.5 Å². The molecule has 0 bridgehead atoms. The second-order valence-electron chi connectivity index (χ2n) is 5.80. The number of carbonyl (C=O) groups excluding carboxylic acids is 1. The molecule has 0 spiro atoms. The van der Waals surface area contributed by atoms with Gasteiger partial charge in [-0.2, -0.15) is 0 Å². The van der Waals surface area contributed by atoms with Crippen molar-refractivity contribution in [1.82, 2.24) is 9.55 Å². The van der Waals surface area contributed by atoms with E-state index >= 15 is 0 Å². The van der Waals surface area contributed by atoms with Gasteiger partial charge < -0.3 is 4.74 Å². The van der Waals surface area contributed by atoms with Crippen LogP contribution in [0.4, 0.5) is 0 Å². The Morgan fingerprint density at radius 2 is 2.17 bits per heavy atom. The molecule has 0 saturated heterocycles. The van der Waals surface area contributed by atoms with Crippen LogP contribution in [-0.2, 0) is 17.8 Å². The lowest BCUT2D eigenvalue weighted by molar-refractivity contribution is -0.131. The monoisotopic (exact) mass is 328 g/mol. The molecule has 1 aliphatic heterocycles. The predicted molar refractivity (Wildman–Crippen MR) is 90.3 cm³/mol. The number of nitrogens with zero attached hydrogens (tertiary/aromatic N) is 2. The fourth-order valence-corrected chi connectivity index (χ4v) is 4.32. The average Bonchev–Trinajstić information content (AvgIpc) is 2.72. The maximum absolute atomic E-state index is 13.0. The number of aromatic nitrogens is 2. The van der Waals surface area contributed by atoms with E-state index in [-0.39, 0.29) is 11.5 Å². The van der Waals surface area contributed by atoms with E-state index in [1.807, 2.05) is 16.7 Å². The van der Waals surface area contributed by atoms with Gasteiger partial charge in [0.1, 0.15) is 16.4 Å². The molecule has 1 aromatic carbocycles. The van der Waals surface area contributed by atoms with Gasteiger partial charge in [-0.25, -0.2) is 4.98 Å². The zero-order valence-corrected chi connectivity index (χ0v) is 13.6. The summed E-state index contributed by atoms with van der Waals surface area (Å²) in [6, 6.07) is 5.46. The maximum Gasteiger partial charge on any atom is 0.308 e. The smallest absolute Gasteiger partial charge is 0.308 e. The molecule has 5 nitrogen and oxygen atoms in total. The third-order valence-electron chi connectivity index (χ3n) is 4.20. The SMILES string of the molecule is CC(=O)Oc1cccc2c1sc1nc3n(c(=O)c12)CCCCC3. The van der Waals surface area contributed by atoms with Crippen LogP contribution >= 0.6 is 11.3 Å². The Morgan fingerprint density at radius 1 is 1.30 bits per heavy atom. The molecule has 0 fully saturated rings. The summed E-state index contributed by atoms with van der Waals surface area (Å²) >= 11 is 1.42. The molecule has 0 radical (unpaired) electrons. The number of esters is 1. The predicted octanol–water partition coefficient (Wildman–Crippen LogP) is 3.26. The molecule has 1 aliphatic rings. The van der Waals surface area contributed by atoms with Crippen LogP contribution in [0.1, 0.15) is 32.0 Å². The lowest BCUT2D eigenvalue weighted by atomic mass is 10.2. The van der Waals surface area contributed by atoms with Gasteiger partial charge in [-0.15, -0.1) is 11.3 Å². The van der Waals surface area contributed by atoms with Gasteiger partial charge in [-0.3, -0.25) is 14.2 Å². The molecule has 6 heteroatoms. The summed E-state index contributed by atoms with van der Waals surface area (Å²) in [5, 5.41) is 1.46. The normalized spacial score (nSPS) is 14.7. The minimum atomic E-state index is -0.365. The summed E-state index contributed by atoms with van der Waals surface area (Å²) in [6.45, 7) is 2.11. The Morgan fingerprint density at radius 3 is 3.00 bits per heavy atom. The number of fused-ring (bicyclic) bond motifs is 4. The number of thiophene rings is 1. The van der Waals surface area contributed by atoms with E-state index in [0.717, 1.165) is 53.0 Å². The van der Waals surface area contributed by atoms with Gasteiger partial charge in [0.25, 0.3) is 5.56 Å². The summed E-state index contributed by atoms with van der Waals surface area (Å²) < 4.78 is 7.91. The van der Waals surface area contributed by atoms with Crippen molar-refractivity contribution in [3.8, 4) is 5.75 Å². The van der Waals surface area contributed by atoms with E-state index in [4.69, 9.17) is 9.72 Å². The van der Waals surface area contributed by atoms with E-state index in [0.29, 0.717) is 11.1 Å². The summed E-state index contributed by atoms with van der Waals surface area (Å²) in [4.78, 5) is 29.7. The summed E-state index contributed by atoms with van der Waals surface area (Å²) in [7, 11) is 0. The summed E-state index contributed by atoms with van der Waals surface area (Å²) in [6.07, 6.45) is 4.06. The van der Waals surface area contributed by atoms with Gasteiger partial charge in [0.15, 0.2) is 0 Å². The van der Waals surface area contributed by atoms with Crippen LogP contribution in [0.5, 0.6) is 5.75 Å². The third kappa shape index (κ3) is 2.34. The quantitative estimate of drug-likeness (QED) is 0.508. The number of ether oxygens (including phenoxy) is 1. The van der Waals surface area contributed by atoms with Crippen molar-refractivity contribution in [1.29, 1.82) is 0 Å². The molecule has 0 atom stereocenters. The van der Waals surface area contributed by atoms with Crippen molar-refractivity contribution < 1.29 is 9.53 Å². The first-order valence-corrected chi connectivity index (χ1v) is 8.60. The Balaban J connectivity index is 2.05. The highest BCUT2D eigenvalue weighted by molar-refractivity contribution is 7.25. The van der Waals surface area contributed by atoms with Gasteiger partial charge in [-0.05, 0) is 18.9 Å². The second-order valence-corrected chi connectivity index (χ2v) is 6.80. The third-order valence-corrected chi connectivity index (χ3v) is 5.31. The average molecular weight is 328 g/mol. The molecule has 2 aromatic heterocycles. The van der Waals surface area contributed by atoms with Crippen LogP contribution in [0.15, 0.2) is 23.0 Å². The van der Waals surface area contributed by atoms with E-state index in [1.54, 1.807) is 6.07 Å². The Labute approximate surface area is 136 Å². The van der Waals surface area contributed by atoms with Crippen LogP contribution in [0.2, 0.25) is 0 Å². The number of carbonyl (C=O) groups is 1. The highest BCUT2D eigenvalue weighted by atomic mass is 32.1. The molecular formula is C17H16N2O3S. The highest BCUT2D eigenvalue weighted by Crippen LogP contribution is 2.37. The van der Waals surface area contributed by atoms with Crippen LogP contribution in [0, 0.1) is 0 Å². The number of aryl methyl sites for hydroxylation is 1. The summed E-state index contributed by atoms with van der Waals surface area (Å²) in [5.41, 5.74) is 0.0260. The Kier molecular flexibility index (Phi) is 3.41. The van der Waals surface area contributed by atoms with E-state index in [9.17, 15) is 9.59 Å². The molecule has 4 rings (SSSR count). The topological polar surface area (TPSA) is 61.2 Å². The van der Waals surface area contributed by atoms with Gasteiger partial charge in [0.2, 0.25) is 0 Å². The molecule has 0 amide bonds. The van der Waals surface area contributed by atoms with E-state index in [1.165, 1.54) is 18.3 Å². The molecule has 3 heterocycles. The Bertz CT molecular complexity index is 987. The van der Waals surface area contributed by atoms with Crippen molar-refractivity contribution in [3.63, 3.8) is 0 Å². The van der Waals surface area contributed by atoms with Crippen molar-refractivity contribution in [2.24, 2.45) is 0 Å². The molecule has 118 valence electrons. The maximum atomic E-state index is 13.0. The first-order valence-electron chi connectivity index (χ1n) is 7.78. The van der Waals surface area contributed by atoms with Crippen LogP contribution in [0.25, 0.3) is 20.3 Å². The fraction of sp³-hybridized carbons (Fsp3) is 0.353. The minimum Gasteiger partial charge on any atom is -0.425 e. The minimum absolute atomic E-state index is 0.0260. The number of benzene rings is 1. The van der Waals surface area contributed by atoms with Crippen molar-refractivity contribution in [2.45, 2.75) is 39.2 Å². The van der Waals surface area contributed by atoms with Crippen molar-refractivity contribution >= 4 is 37.6 Å². The van der Waals surface area contributed by atoms with Gasteiger partial charge in [0.05, 0.1) is 10.1 Å². The first kappa shape index (κ1) is 14.4. The van der Waals surface area contributed by atoms with Gasteiger partial charge in [-0.1, -0.05) is 18.6 Å². The number of rotatable bonds is 1. The molecule has 0 N–H and O–H groups in total. The van der Waals surface area contributed by atoms with Gasteiger partial charge in [0, 0.05) is 25.3 Å². The fourth-order valence-electron chi connectivity index (χ4n) is 3.18. The molecule has 0 saturated carbocycles. The van der Waals surface area contributed by atoms with Crippen LogP contribution in [0.3, 0.4) is 0 Å². The molecule has 0 aliphatic carbocycles. The largest absolute Gasteiger partial charge is 0.425 e. The molecular weight excluding hydrogens is 312 g/mol. The number of hydrogen-bond acceptors (Lipinski definition) is 5. The van der Waals surface area contributed by atoms with E-state index in [2.05, 4.69) is 0 Å². The zero-order valence-electron chi connectivity index (χ0n) is 12.8. The van der Waals surface area contributed by atoms with E-state index < -0.39 is 0 Å². The Hall–Kier alpha value is -2.21. The van der Waals surface area contributed by atoms with Gasteiger partial charge >= 0.3 is 5.97 Å². The van der Waals surface area contributed by atoms with Crippen molar-refractivity contribution in [3.05, 3.63) is 34.4 Å². The lowest BCUT2D eigenvalue weighted by Gasteiger charge is -2.07. The highest BCUT2D eigenvalue weighted by Gasteiger charge is 2.19. The van der Waals surface area contributed by atoms with Crippen LogP contribution < -0.4 is 10.3 Å². The molecule has 3 aromatic rings. The second kappa shape index (κ2) is 5.45. The molecule has 0 unspecified atom stereocenters. The number of hydrogen-bond donors (Lipinski definition) is 0. The standard InChI is InChI=1S/C17H16N2O3S/c1-10(20)22-12-7-5-6-11-14-16(23-15(11)12)18-13-8-3-2-4-9-19(13)17(14)21/h5-7H,2-4,8-9H2,1H3.